The van der Waals surface area contributed by atoms with Gasteiger partial charge in [-0.1, -0.05) is 35.3 Å². The molecule has 6 nitrogen and oxygen atoms in total. The Kier molecular flexibility index (Phi) is 7.05. The van der Waals surface area contributed by atoms with Crippen molar-refractivity contribution >= 4 is 46.4 Å². The first-order valence-corrected chi connectivity index (χ1v) is 11.7. The summed E-state index contributed by atoms with van der Waals surface area (Å²) in [4.78, 5) is 25.1. The lowest BCUT2D eigenvalue weighted by atomic mass is 10.0. The van der Waals surface area contributed by atoms with Gasteiger partial charge >= 0.3 is 0 Å². The molecule has 0 radical (unpaired) electrons. The summed E-state index contributed by atoms with van der Waals surface area (Å²) < 4.78 is 10.8. The van der Waals surface area contributed by atoms with E-state index in [1.807, 2.05) is 12.1 Å². The number of benzene rings is 2. The van der Waals surface area contributed by atoms with E-state index in [1.54, 1.807) is 64.1 Å². The molecule has 4 aromatic rings. The summed E-state index contributed by atoms with van der Waals surface area (Å²) in [5.41, 5.74) is 3.87. The van der Waals surface area contributed by atoms with Crippen LogP contribution in [-0.4, -0.2) is 11.8 Å². The molecule has 0 atom stereocenters. The number of furan rings is 2. The highest BCUT2D eigenvalue weighted by atomic mass is 35.5. The number of hydrogen-bond donors (Lipinski definition) is 2. The Labute approximate surface area is 213 Å². The number of nitrogens with one attached hydrogen (secondary N) is 2. The van der Waals surface area contributed by atoms with Crippen molar-refractivity contribution in [3.05, 3.63) is 104 Å². The highest BCUT2D eigenvalue weighted by Crippen LogP contribution is 2.29. The predicted molar refractivity (Wildman–Crippen MR) is 138 cm³/mol. The lowest BCUT2D eigenvalue weighted by Gasteiger charge is -2.11. The van der Waals surface area contributed by atoms with E-state index in [0.29, 0.717) is 62.0 Å². The molecule has 2 amide bonds. The molecule has 8 heteroatoms. The zero-order chi connectivity index (χ0) is 25.3. The average molecular weight is 511 g/mol. The Hall–Kier alpha value is -3.48. The summed E-state index contributed by atoms with van der Waals surface area (Å²) in [6, 6.07) is 14.3. The number of hydrogen-bond acceptors (Lipinski definition) is 4. The van der Waals surface area contributed by atoms with Crippen LogP contribution in [0.2, 0.25) is 10.0 Å². The van der Waals surface area contributed by atoms with E-state index in [1.165, 1.54) is 0 Å². The molecule has 2 heterocycles. The third-order valence-electron chi connectivity index (χ3n) is 5.54. The first-order chi connectivity index (χ1) is 16.6. The van der Waals surface area contributed by atoms with Crippen LogP contribution in [0.25, 0.3) is 0 Å². The molecular formula is C27H24Cl2N2O4. The second kappa shape index (κ2) is 10.0. The fourth-order valence-electron chi connectivity index (χ4n) is 3.87. The van der Waals surface area contributed by atoms with Crippen LogP contribution < -0.4 is 10.6 Å². The molecule has 0 fully saturated rings. The van der Waals surface area contributed by atoms with Gasteiger partial charge in [-0.3, -0.25) is 9.59 Å². The van der Waals surface area contributed by atoms with Gasteiger partial charge in [-0.15, -0.1) is 0 Å². The van der Waals surface area contributed by atoms with Gasteiger partial charge in [-0.05, 0) is 81.6 Å². The van der Waals surface area contributed by atoms with Crippen LogP contribution in [-0.2, 0) is 6.42 Å². The molecule has 0 spiro atoms. The van der Waals surface area contributed by atoms with Crippen molar-refractivity contribution in [1.29, 1.82) is 0 Å². The number of rotatable bonds is 6. The Morgan fingerprint density at radius 2 is 1.09 bits per heavy atom. The van der Waals surface area contributed by atoms with Gasteiger partial charge in [0, 0.05) is 0 Å². The molecule has 0 aliphatic carbocycles. The molecule has 2 aromatic heterocycles. The quantitative estimate of drug-likeness (QED) is 0.281. The molecule has 180 valence electrons. The van der Waals surface area contributed by atoms with Crippen molar-refractivity contribution in [1.82, 2.24) is 0 Å². The summed E-state index contributed by atoms with van der Waals surface area (Å²) in [5.74, 6) is 1.90. The van der Waals surface area contributed by atoms with E-state index in [4.69, 9.17) is 32.0 Å². The van der Waals surface area contributed by atoms with Crippen LogP contribution in [0.3, 0.4) is 0 Å². The molecule has 2 aromatic carbocycles. The van der Waals surface area contributed by atoms with Crippen molar-refractivity contribution < 1.29 is 18.4 Å². The molecule has 0 aliphatic rings. The van der Waals surface area contributed by atoms with E-state index < -0.39 is 0 Å². The summed E-state index contributed by atoms with van der Waals surface area (Å²) in [5, 5.41) is 6.50. The zero-order valence-electron chi connectivity index (χ0n) is 19.7. The number of anilines is 2. The minimum Gasteiger partial charge on any atom is -0.466 e. The normalized spacial score (nSPS) is 10.9. The number of carbonyl (C=O) groups is 2. The van der Waals surface area contributed by atoms with Gasteiger partial charge < -0.3 is 19.5 Å². The third-order valence-corrected chi connectivity index (χ3v) is 6.17. The largest absolute Gasteiger partial charge is 0.466 e. The van der Waals surface area contributed by atoms with Crippen LogP contribution in [0.1, 0.15) is 54.9 Å². The van der Waals surface area contributed by atoms with Gasteiger partial charge in [0.2, 0.25) is 0 Å². The SMILES string of the molecule is Cc1cc(C(=O)Nc2ccc(Cc3ccc(NC(=O)c4cc(C)oc4C)c(Cl)c3)cc2Cl)c(C)o1. The van der Waals surface area contributed by atoms with E-state index in [0.717, 1.165) is 11.1 Å². The van der Waals surface area contributed by atoms with Gasteiger partial charge in [0.15, 0.2) is 0 Å². The molecule has 0 aliphatic heterocycles. The average Bonchev–Trinajstić information content (AvgIpc) is 3.31. The molecular weight excluding hydrogens is 487 g/mol. The summed E-state index contributed by atoms with van der Waals surface area (Å²) in [6.45, 7) is 7.07. The summed E-state index contributed by atoms with van der Waals surface area (Å²) in [6.07, 6.45) is 0.571. The zero-order valence-corrected chi connectivity index (χ0v) is 21.2. The van der Waals surface area contributed by atoms with Crippen molar-refractivity contribution in [2.45, 2.75) is 34.1 Å². The van der Waals surface area contributed by atoms with E-state index in [-0.39, 0.29) is 11.8 Å². The second-order valence-corrected chi connectivity index (χ2v) is 9.18. The van der Waals surface area contributed by atoms with Gasteiger partial charge in [-0.2, -0.15) is 0 Å². The van der Waals surface area contributed by atoms with E-state index >= 15 is 0 Å². The first kappa shape index (κ1) is 24.6. The van der Waals surface area contributed by atoms with E-state index in [2.05, 4.69) is 10.6 Å². The highest BCUT2D eigenvalue weighted by Gasteiger charge is 2.16. The molecule has 35 heavy (non-hydrogen) atoms. The Morgan fingerprint density at radius 1 is 0.686 bits per heavy atom. The van der Waals surface area contributed by atoms with Crippen molar-refractivity contribution in [3.63, 3.8) is 0 Å². The lowest BCUT2D eigenvalue weighted by molar-refractivity contribution is 0.101. The van der Waals surface area contributed by atoms with Crippen molar-refractivity contribution in [2.24, 2.45) is 0 Å². The van der Waals surface area contributed by atoms with Crippen LogP contribution in [0.15, 0.2) is 57.4 Å². The Bertz CT molecular complexity index is 1330. The number of halogens is 2. The molecule has 0 unspecified atom stereocenters. The van der Waals surface area contributed by atoms with Gasteiger partial charge in [0.05, 0.1) is 32.5 Å². The summed E-state index contributed by atoms with van der Waals surface area (Å²) >= 11 is 12.9. The van der Waals surface area contributed by atoms with Gasteiger partial charge in [0.1, 0.15) is 23.0 Å². The topological polar surface area (TPSA) is 84.5 Å². The third kappa shape index (κ3) is 5.61. The predicted octanol–water partition coefficient (Wildman–Crippen LogP) is 7.51. The second-order valence-electron chi connectivity index (χ2n) is 8.37. The number of amides is 2. The minimum atomic E-state index is -0.279. The van der Waals surface area contributed by atoms with Crippen LogP contribution in [0.5, 0.6) is 0 Å². The molecule has 2 N–H and O–H groups in total. The number of carbonyl (C=O) groups excluding carboxylic acids is 2. The standard InChI is InChI=1S/C27H24Cl2N2O4/c1-14-9-20(16(3)34-14)26(32)30-24-7-5-18(12-22(24)28)11-19-6-8-25(23(29)13-19)31-27(33)21-10-15(2)35-17(21)4/h5-10,12-13H,11H2,1-4H3,(H,30,32)(H,31,33). The smallest absolute Gasteiger partial charge is 0.259 e. The van der Waals surface area contributed by atoms with Crippen LogP contribution in [0, 0.1) is 27.7 Å². The maximum atomic E-state index is 12.6. The molecule has 0 saturated carbocycles. The van der Waals surface area contributed by atoms with Crippen molar-refractivity contribution in [3.8, 4) is 0 Å². The maximum Gasteiger partial charge on any atom is 0.259 e. The Morgan fingerprint density at radius 3 is 1.40 bits per heavy atom. The van der Waals surface area contributed by atoms with Crippen molar-refractivity contribution in [2.75, 3.05) is 10.6 Å². The lowest BCUT2D eigenvalue weighted by Crippen LogP contribution is -2.12. The van der Waals surface area contributed by atoms with Crippen LogP contribution in [0.4, 0.5) is 11.4 Å². The molecule has 0 bridgehead atoms. The molecule has 0 saturated heterocycles. The Balaban J connectivity index is 1.43. The summed E-state index contributed by atoms with van der Waals surface area (Å²) in [7, 11) is 0. The maximum absolute atomic E-state index is 12.6. The minimum absolute atomic E-state index is 0.279. The first-order valence-electron chi connectivity index (χ1n) is 10.9. The monoisotopic (exact) mass is 510 g/mol. The van der Waals surface area contributed by atoms with Gasteiger partial charge in [0.25, 0.3) is 11.8 Å². The van der Waals surface area contributed by atoms with E-state index in [9.17, 15) is 9.59 Å². The number of aryl methyl sites for hydroxylation is 4. The fourth-order valence-corrected chi connectivity index (χ4v) is 4.37. The van der Waals surface area contributed by atoms with Crippen LogP contribution >= 0.6 is 23.2 Å². The highest BCUT2D eigenvalue weighted by molar-refractivity contribution is 6.34. The fraction of sp³-hybridized carbons (Fsp3) is 0.185. The molecule has 4 rings (SSSR count). The van der Waals surface area contributed by atoms with Gasteiger partial charge in [-0.25, -0.2) is 0 Å².